The van der Waals surface area contributed by atoms with Crippen molar-refractivity contribution in [3.05, 3.63) is 0 Å². The highest BCUT2D eigenvalue weighted by atomic mass is 32.2. The first kappa shape index (κ1) is 16.3. The average molecular weight is 294 g/mol. The Labute approximate surface area is 114 Å². The summed E-state index contributed by atoms with van der Waals surface area (Å²) in [7, 11) is -1.92. The molecule has 0 unspecified atom stereocenters. The minimum absolute atomic E-state index is 0.102. The molecule has 1 saturated heterocycles. The molecule has 0 atom stereocenters. The van der Waals surface area contributed by atoms with Gasteiger partial charge in [-0.3, -0.25) is 4.79 Å². The normalized spacial score (nSPS) is 17.3. The fourth-order valence-corrected chi connectivity index (χ4v) is 2.86. The van der Waals surface area contributed by atoms with Crippen LogP contribution in [-0.2, 0) is 19.7 Å². The highest BCUT2D eigenvalue weighted by Crippen LogP contribution is 1.99. The van der Waals surface area contributed by atoms with Crippen LogP contribution in [-0.4, -0.2) is 71.6 Å². The van der Waals surface area contributed by atoms with Gasteiger partial charge in [-0.05, 0) is 0 Å². The molecule has 0 aromatic carbocycles. The number of nitrogens with zero attached hydrogens (tertiary/aromatic N) is 1. The van der Waals surface area contributed by atoms with Crippen LogP contribution in [0.5, 0.6) is 0 Å². The number of piperazine rings is 1. The maximum atomic E-state index is 11.9. The molecule has 9 heteroatoms. The maximum Gasteiger partial charge on any atom is 0.279 e. The van der Waals surface area contributed by atoms with Crippen molar-refractivity contribution in [2.75, 3.05) is 53.0 Å². The summed E-state index contributed by atoms with van der Waals surface area (Å²) in [6, 6.07) is 0. The summed E-state index contributed by atoms with van der Waals surface area (Å²) >= 11 is 0. The summed E-state index contributed by atoms with van der Waals surface area (Å²) in [5.41, 5.74) is 0. The lowest BCUT2D eigenvalue weighted by atomic mass is 10.4. The third-order valence-electron chi connectivity index (χ3n) is 2.68. The van der Waals surface area contributed by atoms with E-state index in [4.69, 9.17) is 4.74 Å². The molecule has 1 heterocycles. The van der Waals surface area contributed by atoms with Crippen LogP contribution in [0, 0.1) is 0 Å². The smallest absolute Gasteiger partial charge is 0.279 e. The lowest BCUT2D eigenvalue weighted by Gasteiger charge is -2.26. The minimum atomic E-state index is -3.47. The number of rotatable bonds is 8. The van der Waals surface area contributed by atoms with Crippen molar-refractivity contribution in [3.63, 3.8) is 0 Å². The van der Waals surface area contributed by atoms with Crippen molar-refractivity contribution in [2.45, 2.75) is 6.42 Å². The summed E-state index contributed by atoms with van der Waals surface area (Å²) in [4.78, 5) is 11.4. The molecule has 0 saturated carbocycles. The monoisotopic (exact) mass is 294 g/mol. The molecular formula is C10H22N4O4S. The van der Waals surface area contributed by atoms with Crippen LogP contribution in [0.15, 0.2) is 0 Å². The van der Waals surface area contributed by atoms with E-state index in [0.717, 1.165) is 0 Å². The molecule has 3 N–H and O–H groups in total. The summed E-state index contributed by atoms with van der Waals surface area (Å²) in [5, 5.41) is 5.71. The number of hydrogen-bond acceptors (Lipinski definition) is 5. The zero-order valence-corrected chi connectivity index (χ0v) is 12.0. The van der Waals surface area contributed by atoms with Crippen LogP contribution in [0.1, 0.15) is 6.42 Å². The molecule has 0 radical (unpaired) electrons. The zero-order valence-electron chi connectivity index (χ0n) is 11.1. The van der Waals surface area contributed by atoms with Crippen molar-refractivity contribution in [1.82, 2.24) is 19.7 Å². The molecule has 1 aliphatic heterocycles. The van der Waals surface area contributed by atoms with Gasteiger partial charge in [0.05, 0.1) is 6.61 Å². The van der Waals surface area contributed by atoms with Gasteiger partial charge in [-0.1, -0.05) is 0 Å². The van der Waals surface area contributed by atoms with Crippen LogP contribution >= 0.6 is 0 Å². The second-order valence-electron chi connectivity index (χ2n) is 4.14. The molecule has 1 aliphatic rings. The van der Waals surface area contributed by atoms with E-state index in [1.807, 2.05) is 0 Å². The average Bonchev–Trinajstić information content (AvgIpc) is 2.40. The van der Waals surface area contributed by atoms with E-state index >= 15 is 0 Å². The first-order valence-electron chi connectivity index (χ1n) is 6.27. The van der Waals surface area contributed by atoms with Crippen LogP contribution < -0.4 is 15.4 Å². The van der Waals surface area contributed by atoms with Gasteiger partial charge < -0.3 is 15.4 Å². The standard InChI is InChI=1S/C10H22N4O4S/c1-18-9-6-12-10(15)2-3-13-19(16,17)14-7-4-11-5-8-14/h11,13H,2-9H2,1H3,(H,12,15). The maximum absolute atomic E-state index is 11.9. The van der Waals surface area contributed by atoms with Crippen molar-refractivity contribution >= 4 is 16.1 Å². The van der Waals surface area contributed by atoms with Crippen molar-refractivity contribution in [3.8, 4) is 0 Å². The lowest BCUT2D eigenvalue weighted by molar-refractivity contribution is -0.121. The number of methoxy groups -OCH3 is 1. The van der Waals surface area contributed by atoms with Gasteiger partial charge in [0.25, 0.3) is 10.2 Å². The first-order valence-corrected chi connectivity index (χ1v) is 7.71. The summed E-state index contributed by atoms with van der Waals surface area (Å²) in [6.45, 7) is 3.19. The van der Waals surface area contributed by atoms with Crippen LogP contribution in [0.2, 0.25) is 0 Å². The Morgan fingerprint density at radius 3 is 2.63 bits per heavy atom. The second-order valence-corrected chi connectivity index (χ2v) is 5.90. The van der Waals surface area contributed by atoms with Gasteiger partial charge in [0.2, 0.25) is 5.91 Å². The Balaban J connectivity index is 2.21. The number of amides is 1. The van der Waals surface area contributed by atoms with E-state index in [1.54, 1.807) is 7.11 Å². The van der Waals surface area contributed by atoms with Crippen molar-refractivity contribution < 1.29 is 17.9 Å². The number of hydrogen-bond donors (Lipinski definition) is 3. The van der Waals surface area contributed by atoms with E-state index < -0.39 is 10.2 Å². The third kappa shape index (κ3) is 6.30. The van der Waals surface area contributed by atoms with Gasteiger partial charge >= 0.3 is 0 Å². The van der Waals surface area contributed by atoms with E-state index in [9.17, 15) is 13.2 Å². The molecule has 0 bridgehead atoms. The van der Waals surface area contributed by atoms with Crippen LogP contribution in [0.3, 0.4) is 0 Å². The molecule has 0 aromatic heterocycles. The molecule has 1 fully saturated rings. The molecule has 0 aliphatic carbocycles. The number of ether oxygens (including phenoxy) is 1. The second kappa shape index (κ2) is 8.43. The predicted octanol–water partition coefficient (Wildman–Crippen LogP) is -2.12. The van der Waals surface area contributed by atoms with Crippen molar-refractivity contribution in [1.29, 1.82) is 0 Å². The van der Waals surface area contributed by atoms with Crippen molar-refractivity contribution in [2.24, 2.45) is 0 Å². The van der Waals surface area contributed by atoms with Gasteiger partial charge in [0.1, 0.15) is 0 Å². The quantitative estimate of drug-likeness (QED) is 0.444. The van der Waals surface area contributed by atoms with Gasteiger partial charge in [-0.25, -0.2) is 4.72 Å². The Morgan fingerprint density at radius 2 is 2.00 bits per heavy atom. The number of nitrogens with one attached hydrogen (secondary N) is 3. The summed E-state index contributed by atoms with van der Waals surface area (Å²) < 4.78 is 32.3. The van der Waals surface area contributed by atoms with E-state index in [0.29, 0.717) is 39.3 Å². The fraction of sp³-hybridized carbons (Fsp3) is 0.900. The highest BCUT2D eigenvalue weighted by Gasteiger charge is 2.22. The Kier molecular flexibility index (Phi) is 7.24. The largest absolute Gasteiger partial charge is 0.383 e. The SMILES string of the molecule is COCCNC(=O)CCNS(=O)(=O)N1CCNCC1. The Morgan fingerprint density at radius 1 is 1.32 bits per heavy atom. The zero-order chi connectivity index (χ0) is 14.1. The topological polar surface area (TPSA) is 99.8 Å². The van der Waals surface area contributed by atoms with Gasteiger partial charge in [0.15, 0.2) is 0 Å². The van der Waals surface area contributed by atoms with E-state index in [1.165, 1.54) is 4.31 Å². The molecule has 112 valence electrons. The molecule has 19 heavy (non-hydrogen) atoms. The number of carbonyl (C=O) groups is 1. The number of carbonyl (C=O) groups excluding carboxylic acids is 1. The molecule has 0 spiro atoms. The first-order chi connectivity index (χ1) is 9.06. The van der Waals surface area contributed by atoms with Crippen LogP contribution in [0.25, 0.3) is 0 Å². The Hall–Kier alpha value is -0.740. The fourth-order valence-electron chi connectivity index (χ4n) is 1.65. The van der Waals surface area contributed by atoms with Crippen LogP contribution in [0.4, 0.5) is 0 Å². The molecule has 0 aromatic rings. The lowest BCUT2D eigenvalue weighted by Crippen LogP contribution is -2.50. The van der Waals surface area contributed by atoms with E-state index in [2.05, 4.69) is 15.4 Å². The van der Waals surface area contributed by atoms with Gasteiger partial charge in [-0.2, -0.15) is 12.7 Å². The summed E-state index contributed by atoms with van der Waals surface area (Å²) in [5.74, 6) is -0.194. The van der Waals surface area contributed by atoms with Gasteiger partial charge in [0, 0.05) is 52.8 Å². The Bertz CT molecular complexity index is 368. The predicted molar refractivity (Wildman–Crippen MR) is 70.9 cm³/mol. The van der Waals surface area contributed by atoms with Gasteiger partial charge in [-0.15, -0.1) is 0 Å². The molecule has 1 amide bonds. The third-order valence-corrected chi connectivity index (χ3v) is 4.29. The minimum Gasteiger partial charge on any atom is -0.383 e. The highest BCUT2D eigenvalue weighted by molar-refractivity contribution is 7.87. The molecule has 1 rings (SSSR count). The molecular weight excluding hydrogens is 272 g/mol. The van der Waals surface area contributed by atoms with E-state index in [-0.39, 0.29) is 18.9 Å². The summed E-state index contributed by atoms with van der Waals surface area (Å²) in [6.07, 6.45) is 0.120. The molecule has 8 nitrogen and oxygen atoms in total.